The van der Waals surface area contributed by atoms with Crippen molar-refractivity contribution in [3.63, 3.8) is 0 Å². The van der Waals surface area contributed by atoms with Crippen LogP contribution in [0.1, 0.15) is 33.1 Å². The van der Waals surface area contributed by atoms with E-state index in [4.69, 9.17) is 0 Å². The standard InChI is InChI=1S/C16H24N2O4S/c1-12(2)13-6-5-10-17(11-9-13)14-7-4-8-15(23(3,21)22)16(14)18(19)20/h4,7-8,12-13H,5-6,9-11H2,1-3H3. The van der Waals surface area contributed by atoms with E-state index in [1.54, 1.807) is 12.1 Å². The van der Waals surface area contributed by atoms with E-state index < -0.39 is 14.8 Å². The number of nitrogens with zero attached hydrogens (tertiary/aromatic N) is 2. The molecule has 6 nitrogen and oxygen atoms in total. The Morgan fingerprint density at radius 3 is 2.52 bits per heavy atom. The van der Waals surface area contributed by atoms with Gasteiger partial charge in [-0.25, -0.2) is 8.42 Å². The third kappa shape index (κ3) is 4.02. The van der Waals surface area contributed by atoms with Gasteiger partial charge in [0.05, 0.1) is 4.92 Å². The van der Waals surface area contributed by atoms with Crippen molar-refractivity contribution >= 4 is 21.2 Å². The van der Waals surface area contributed by atoms with E-state index in [1.165, 1.54) is 6.07 Å². The highest BCUT2D eigenvalue weighted by atomic mass is 32.2. The first-order valence-electron chi connectivity index (χ1n) is 7.94. The van der Waals surface area contributed by atoms with E-state index in [2.05, 4.69) is 13.8 Å². The van der Waals surface area contributed by atoms with Crippen LogP contribution in [0.2, 0.25) is 0 Å². The number of benzene rings is 1. The first-order chi connectivity index (χ1) is 10.7. The van der Waals surface area contributed by atoms with Crippen molar-refractivity contribution in [2.24, 2.45) is 11.8 Å². The van der Waals surface area contributed by atoms with Gasteiger partial charge >= 0.3 is 5.69 Å². The predicted molar refractivity (Wildman–Crippen MR) is 90.6 cm³/mol. The minimum atomic E-state index is -3.64. The molecule has 1 aromatic rings. The molecule has 7 heteroatoms. The molecule has 0 saturated carbocycles. The highest BCUT2D eigenvalue weighted by Crippen LogP contribution is 2.36. The van der Waals surface area contributed by atoms with Crippen LogP contribution in [0.15, 0.2) is 23.1 Å². The third-order valence-corrected chi connectivity index (χ3v) is 5.74. The average molecular weight is 340 g/mol. The van der Waals surface area contributed by atoms with E-state index in [9.17, 15) is 18.5 Å². The van der Waals surface area contributed by atoms with E-state index in [0.717, 1.165) is 38.6 Å². The summed E-state index contributed by atoms with van der Waals surface area (Å²) in [5.74, 6) is 1.20. The molecule has 0 spiro atoms. The summed E-state index contributed by atoms with van der Waals surface area (Å²) < 4.78 is 23.8. The van der Waals surface area contributed by atoms with Crippen molar-refractivity contribution in [2.45, 2.75) is 38.0 Å². The van der Waals surface area contributed by atoms with Crippen molar-refractivity contribution in [1.29, 1.82) is 0 Å². The maximum absolute atomic E-state index is 11.9. The van der Waals surface area contributed by atoms with Crippen LogP contribution < -0.4 is 4.90 Å². The van der Waals surface area contributed by atoms with Gasteiger partial charge in [-0.3, -0.25) is 10.1 Å². The quantitative estimate of drug-likeness (QED) is 0.621. The maximum atomic E-state index is 11.9. The Kier molecular flexibility index (Phi) is 5.29. The maximum Gasteiger partial charge on any atom is 0.311 e. The number of nitro benzene ring substituents is 1. The molecule has 1 aliphatic heterocycles. The second kappa shape index (κ2) is 6.86. The summed E-state index contributed by atoms with van der Waals surface area (Å²) >= 11 is 0. The molecule has 1 heterocycles. The van der Waals surface area contributed by atoms with Gasteiger partial charge in [-0.1, -0.05) is 19.9 Å². The highest BCUT2D eigenvalue weighted by molar-refractivity contribution is 7.90. The molecule has 23 heavy (non-hydrogen) atoms. The molecule has 2 rings (SSSR count). The summed E-state index contributed by atoms with van der Waals surface area (Å²) in [7, 11) is -3.64. The lowest BCUT2D eigenvalue weighted by atomic mass is 9.89. The summed E-state index contributed by atoms with van der Waals surface area (Å²) in [5, 5.41) is 11.5. The second-order valence-electron chi connectivity index (χ2n) is 6.58. The third-order valence-electron chi connectivity index (χ3n) is 4.62. The Labute approximate surface area is 137 Å². The van der Waals surface area contributed by atoms with Gasteiger partial charge in [0.25, 0.3) is 0 Å². The van der Waals surface area contributed by atoms with E-state index >= 15 is 0 Å². The average Bonchev–Trinajstić information content (AvgIpc) is 2.71. The van der Waals surface area contributed by atoms with Gasteiger partial charge in [0.15, 0.2) is 9.84 Å². The first-order valence-corrected chi connectivity index (χ1v) is 9.83. The number of rotatable bonds is 4. The van der Waals surface area contributed by atoms with Gasteiger partial charge in [-0.2, -0.15) is 0 Å². The number of nitro groups is 1. The lowest BCUT2D eigenvalue weighted by molar-refractivity contribution is -0.387. The summed E-state index contributed by atoms with van der Waals surface area (Å²) in [6.45, 7) is 5.84. The highest BCUT2D eigenvalue weighted by Gasteiger charge is 2.30. The SMILES string of the molecule is CC(C)C1CCCN(c2cccc(S(C)(=O)=O)c2[N+](=O)[O-])CC1. The zero-order chi connectivity index (χ0) is 17.2. The molecule has 0 aromatic heterocycles. The van der Waals surface area contributed by atoms with Gasteiger partial charge in [0, 0.05) is 19.3 Å². The van der Waals surface area contributed by atoms with Crippen molar-refractivity contribution in [2.75, 3.05) is 24.2 Å². The molecule has 0 bridgehead atoms. The lowest BCUT2D eigenvalue weighted by Crippen LogP contribution is -2.26. The van der Waals surface area contributed by atoms with Crippen LogP contribution in [0, 0.1) is 22.0 Å². The molecule has 1 atom stereocenters. The Balaban J connectivity index is 2.42. The molecular weight excluding hydrogens is 316 g/mol. The fourth-order valence-electron chi connectivity index (χ4n) is 3.28. The zero-order valence-corrected chi connectivity index (χ0v) is 14.7. The minimum absolute atomic E-state index is 0.204. The van der Waals surface area contributed by atoms with E-state index in [1.807, 2.05) is 4.90 Å². The Morgan fingerprint density at radius 2 is 1.96 bits per heavy atom. The molecular formula is C16H24N2O4S. The molecule has 0 N–H and O–H groups in total. The topological polar surface area (TPSA) is 80.5 Å². The van der Waals surface area contributed by atoms with Crippen molar-refractivity contribution in [3.8, 4) is 0 Å². The molecule has 0 radical (unpaired) electrons. The Bertz CT molecular complexity index is 685. The largest absolute Gasteiger partial charge is 0.366 e. The Hall–Kier alpha value is -1.63. The number of hydrogen-bond donors (Lipinski definition) is 0. The van der Waals surface area contributed by atoms with Crippen molar-refractivity contribution in [1.82, 2.24) is 0 Å². The monoisotopic (exact) mass is 340 g/mol. The summed E-state index contributed by atoms with van der Waals surface area (Å²) in [4.78, 5) is 12.7. The number of sulfone groups is 1. The van der Waals surface area contributed by atoms with Crippen LogP contribution in [0.3, 0.4) is 0 Å². The van der Waals surface area contributed by atoms with Gasteiger partial charge in [0.1, 0.15) is 10.6 Å². The van der Waals surface area contributed by atoms with Crippen LogP contribution in [0.25, 0.3) is 0 Å². The van der Waals surface area contributed by atoms with Gasteiger partial charge < -0.3 is 4.90 Å². The molecule has 1 aromatic carbocycles. The lowest BCUT2D eigenvalue weighted by Gasteiger charge is -2.23. The van der Waals surface area contributed by atoms with Gasteiger partial charge in [-0.15, -0.1) is 0 Å². The van der Waals surface area contributed by atoms with Crippen LogP contribution >= 0.6 is 0 Å². The normalized spacial score (nSPS) is 19.7. The van der Waals surface area contributed by atoms with Crippen LogP contribution in [0.4, 0.5) is 11.4 Å². The molecule has 1 aliphatic rings. The van der Waals surface area contributed by atoms with Crippen LogP contribution in [-0.4, -0.2) is 32.7 Å². The molecule has 1 unspecified atom stereocenters. The summed E-state index contributed by atoms with van der Waals surface area (Å²) in [6.07, 6.45) is 4.05. The predicted octanol–water partition coefficient (Wildman–Crippen LogP) is 3.26. The summed E-state index contributed by atoms with van der Waals surface area (Å²) in [6, 6.07) is 4.55. The number of para-hydroxylation sites is 1. The number of hydrogen-bond acceptors (Lipinski definition) is 5. The van der Waals surface area contributed by atoms with E-state index in [-0.39, 0.29) is 10.6 Å². The zero-order valence-electron chi connectivity index (χ0n) is 13.9. The Morgan fingerprint density at radius 1 is 1.26 bits per heavy atom. The second-order valence-corrected chi connectivity index (χ2v) is 8.56. The smallest absolute Gasteiger partial charge is 0.311 e. The fourth-order valence-corrected chi connectivity index (χ4v) is 4.13. The van der Waals surface area contributed by atoms with E-state index in [0.29, 0.717) is 17.5 Å². The summed E-state index contributed by atoms with van der Waals surface area (Å²) in [5.41, 5.74) is 0.125. The van der Waals surface area contributed by atoms with Crippen molar-refractivity contribution in [3.05, 3.63) is 28.3 Å². The molecule has 0 aliphatic carbocycles. The molecule has 1 saturated heterocycles. The van der Waals surface area contributed by atoms with Crippen LogP contribution in [0.5, 0.6) is 0 Å². The molecule has 1 fully saturated rings. The molecule has 0 amide bonds. The van der Waals surface area contributed by atoms with Crippen molar-refractivity contribution < 1.29 is 13.3 Å². The van der Waals surface area contributed by atoms with Gasteiger partial charge in [-0.05, 0) is 43.2 Å². The van der Waals surface area contributed by atoms with Crippen LogP contribution in [-0.2, 0) is 9.84 Å². The molecule has 128 valence electrons. The fraction of sp³-hybridized carbons (Fsp3) is 0.625. The number of anilines is 1. The minimum Gasteiger partial charge on any atom is -0.366 e. The first kappa shape index (κ1) is 17.7. The van der Waals surface area contributed by atoms with Gasteiger partial charge in [0.2, 0.25) is 0 Å².